The molecular weight excluding hydrogens is 354 g/mol. The summed E-state index contributed by atoms with van der Waals surface area (Å²) in [4.78, 5) is 12.4. The summed E-state index contributed by atoms with van der Waals surface area (Å²) in [6, 6.07) is 14.6. The molecule has 1 N–H and O–H groups in total. The molecule has 0 unspecified atom stereocenters. The molecule has 3 rings (SSSR count). The molecule has 0 aliphatic carbocycles. The van der Waals surface area contributed by atoms with Gasteiger partial charge in [0.15, 0.2) is 0 Å². The van der Waals surface area contributed by atoms with Crippen molar-refractivity contribution in [3.8, 4) is 11.5 Å². The van der Waals surface area contributed by atoms with Crippen LogP contribution in [0, 0.1) is 5.92 Å². The number of carbonyl (C=O) groups is 1. The van der Waals surface area contributed by atoms with Crippen LogP contribution in [-0.4, -0.2) is 31.8 Å². The first-order chi connectivity index (χ1) is 13.6. The SMILES string of the molecule is CC(C)CCOc1ccc(C(=O)Nc2ccc(OC[C@@H]3CCCO3)cc2)cc1. The van der Waals surface area contributed by atoms with Crippen LogP contribution in [0.15, 0.2) is 48.5 Å². The Bertz CT molecular complexity index is 734. The fourth-order valence-electron chi connectivity index (χ4n) is 2.92. The summed E-state index contributed by atoms with van der Waals surface area (Å²) in [5, 5.41) is 2.90. The van der Waals surface area contributed by atoms with Crippen molar-refractivity contribution in [2.24, 2.45) is 5.92 Å². The van der Waals surface area contributed by atoms with Crippen LogP contribution in [0.4, 0.5) is 5.69 Å². The molecule has 1 saturated heterocycles. The number of amides is 1. The number of rotatable bonds is 9. The lowest BCUT2D eigenvalue weighted by Gasteiger charge is -2.12. The van der Waals surface area contributed by atoms with Gasteiger partial charge in [-0.15, -0.1) is 0 Å². The van der Waals surface area contributed by atoms with Gasteiger partial charge in [-0.2, -0.15) is 0 Å². The van der Waals surface area contributed by atoms with Crippen LogP contribution in [0.1, 0.15) is 43.5 Å². The minimum absolute atomic E-state index is 0.151. The topological polar surface area (TPSA) is 56.8 Å². The van der Waals surface area contributed by atoms with Gasteiger partial charge in [0.25, 0.3) is 5.91 Å². The molecule has 5 heteroatoms. The Kier molecular flexibility index (Phi) is 7.31. The van der Waals surface area contributed by atoms with Crippen molar-refractivity contribution >= 4 is 11.6 Å². The zero-order valence-corrected chi connectivity index (χ0v) is 16.6. The van der Waals surface area contributed by atoms with Crippen molar-refractivity contribution < 1.29 is 19.0 Å². The highest BCUT2D eigenvalue weighted by molar-refractivity contribution is 6.04. The van der Waals surface area contributed by atoms with Crippen LogP contribution in [0.2, 0.25) is 0 Å². The summed E-state index contributed by atoms with van der Waals surface area (Å²) in [5.41, 5.74) is 1.32. The molecule has 1 atom stereocenters. The average molecular weight is 383 g/mol. The number of nitrogens with one attached hydrogen (secondary N) is 1. The Morgan fingerprint density at radius 1 is 1.07 bits per heavy atom. The Labute approximate surface area is 167 Å². The number of hydrogen-bond acceptors (Lipinski definition) is 4. The van der Waals surface area contributed by atoms with Gasteiger partial charge in [-0.1, -0.05) is 13.8 Å². The van der Waals surface area contributed by atoms with E-state index >= 15 is 0 Å². The third-order valence-electron chi connectivity index (χ3n) is 4.65. The Morgan fingerprint density at radius 3 is 2.39 bits per heavy atom. The predicted molar refractivity (Wildman–Crippen MR) is 110 cm³/mol. The highest BCUT2D eigenvalue weighted by Gasteiger charge is 2.16. The van der Waals surface area contributed by atoms with Gasteiger partial charge >= 0.3 is 0 Å². The molecule has 1 aliphatic rings. The molecule has 1 fully saturated rings. The van der Waals surface area contributed by atoms with E-state index in [1.165, 1.54) is 0 Å². The fraction of sp³-hybridized carbons (Fsp3) is 0.435. The number of benzene rings is 2. The molecule has 2 aromatic carbocycles. The molecule has 0 saturated carbocycles. The summed E-state index contributed by atoms with van der Waals surface area (Å²) in [7, 11) is 0. The van der Waals surface area contributed by atoms with Gasteiger partial charge in [-0.3, -0.25) is 4.79 Å². The molecule has 150 valence electrons. The second-order valence-electron chi connectivity index (χ2n) is 7.48. The molecule has 28 heavy (non-hydrogen) atoms. The first kappa shape index (κ1) is 20.2. The number of carbonyl (C=O) groups excluding carboxylic acids is 1. The van der Waals surface area contributed by atoms with Crippen molar-refractivity contribution in [1.82, 2.24) is 0 Å². The van der Waals surface area contributed by atoms with Gasteiger partial charge in [0, 0.05) is 17.9 Å². The van der Waals surface area contributed by atoms with Gasteiger partial charge in [0.05, 0.1) is 12.7 Å². The molecule has 1 amide bonds. The van der Waals surface area contributed by atoms with Crippen LogP contribution in [-0.2, 0) is 4.74 Å². The predicted octanol–water partition coefficient (Wildman–Crippen LogP) is 4.92. The summed E-state index contributed by atoms with van der Waals surface area (Å²) in [6.07, 6.45) is 3.35. The van der Waals surface area contributed by atoms with E-state index in [0.29, 0.717) is 24.7 Å². The second kappa shape index (κ2) is 10.1. The summed E-state index contributed by atoms with van der Waals surface area (Å²) in [6.45, 7) is 6.41. The highest BCUT2D eigenvalue weighted by atomic mass is 16.5. The molecule has 0 radical (unpaired) electrons. The zero-order chi connectivity index (χ0) is 19.8. The molecule has 1 aliphatic heterocycles. The van der Waals surface area contributed by atoms with E-state index in [4.69, 9.17) is 14.2 Å². The van der Waals surface area contributed by atoms with Crippen LogP contribution in [0.5, 0.6) is 11.5 Å². The lowest BCUT2D eigenvalue weighted by atomic mass is 10.1. The van der Waals surface area contributed by atoms with Crippen molar-refractivity contribution in [2.45, 2.75) is 39.2 Å². The van der Waals surface area contributed by atoms with Gasteiger partial charge in [-0.25, -0.2) is 0 Å². The van der Waals surface area contributed by atoms with Gasteiger partial charge in [0.2, 0.25) is 0 Å². The summed E-state index contributed by atoms with van der Waals surface area (Å²) in [5.74, 6) is 2.01. The maximum absolute atomic E-state index is 12.4. The standard InChI is InChI=1S/C23H29NO4/c1-17(2)13-15-27-20-9-5-18(6-10-20)23(25)24-19-7-11-21(12-8-19)28-16-22-4-3-14-26-22/h5-12,17,22H,3-4,13-16H2,1-2H3,(H,24,25)/t22-/m0/s1. The van der Waals surface area contributed by atoms with Crippen LogP contribution in [0.3, 0.4) is 0 Å². The van der Waals surface area contributed by atoms with Crippen molar-refractivity contribution in [1.29, 1.82) is 0 Å². The maximum Gasteiger partial charge on any atom is 0.255 e. The average Bonchev–Trinajstić information content (AvgIpc) is 3.21. The van der Waals surface area contributed by atoms with Gasteiger partial charge in [-0.05, 0) is 73.7 Å². The van der Waals surface area contributed by atoms with E-state index in [-0.39, 0.29) is 12.0 Å². The van der Waals surface area contributed by atoms with E-state index in [1.807, 2.05) is 36.4 Å². The first-order valence-corrected chi connectivity index (χ1v) is 9.99. The monoisotopic (exact) mass is 383 g/mol. The number of hydrogen-bond donors (Lipinski definition) is 1. The van der Waals surface area contributed by atoms with Gasteiger partial charge in [0.1, 0.15) is 18.1 Å². The Morgan fingerprint density at radius 2 is 1.75 bits per heavy atom. The molecule has 0 bridgehead atoms. The fourth-order valence-corrected chi connectivity index (χ4v) is 2.92. The highest BCUT2D eigenvalue weighted by Crippen LogP contribution is 2.20. The largest absolute Gasteiger partial charge is 0.494 e. The maximum atomic E-state index is 12.4. The third-order valence-corrected chi connectivity index (χ3v) is 4.65. The zero-order valence-electron chi connectivity index (χ0n) is 16.6. The first-order valence-electron chi connectivity index (χ1n) is 9.99. The van der Waals surface area contributed by atoms with Gasteiger partial charge < -0.3 is 19.5 Å². The minimum Gasteiger partial charge on any atom is -0.494 e. The second-order valence-corrected chi connectivity index (χ2v) is 7.48. The minimum atomic E-state index is -0.151. The normalized spacial score (nSPS) is 16.2. The number of ether oxygens (including phenoxy) is 3. The van der Waals surface area contributed by atoms with E-state index in [2.05, 4.69) is 19.2 Å². The van der Waals surface area contributed by atoms with Crippen LogP contribution in [0.25, 0.3) is 0 Å². The van der Waals surface area contributed by atoms with E-state index in [1.54, 1.807) is 12.1 Å². The quantitative estimate of drug-likeness (QED) is 0.668. The molecular formula is C23H29NO4. The Hall–Kier alpha value is -2.53. The van der Waals surface area contributed by atoms with E-state index < -0.39 is 0 Å². The molecule has 0 spiro atoms. The van der Waals surface area contributed by atoms with Crippen LogP contribution >= 0.6 is 0 Å². The summed E-state index contributed by atoms with van der Waals surface area (Å²) >= 11 is 0. The van der Waals surface area contributed by atoms with E-state index in [9.17, 15) is 4.79 Å². The van der Waals surface area contributed by atoms with Crippen molar-refractivity contribution in [3.05, 3.63) is 54.1 Å². The lowest BCUT2D eigenvalue weighted by molar-refractivity contribution is 0.0679. The third kappa shape index (κ3) is 6.27. The van der Waals surface area contributed by atoms with Crippen molar-refractivity contribution in [2.75, 3.05) is 25.1 Å². The van der Waals surface area contributed by atoms with Crippen molar-refractivity contribution in [3.63, 3.8) is 0 Å². The van der Waals surface area contributed by atoms with E-state index in [0.717, 1.165) is 43.1 Å². The molecule has 1 heterocycles. The molecule has 5 nitrogen and oxygen atoms in total. The molecule has 0 aromatic heterocycles. The lowest BCUT2D eigenvalue weighted by Crippen LogP contribution is -2.16. The van der Waals surface area contributed by atoms with Crippen LogP contribution < -0.4 is 14.8 Å². The summed E-state index contributed by atoms with van der Waals surface area (Å²) < 4.78 is 17.0. The Balaban J connectivity index is 1.47. The molecule has 2 aromatic rings. The number of anilines is 1. The smallest absolute Gasteiger partial charge is 0.255 e.